The van der Waals surface area contributed by atoms with Gasteiger partial charge in [-0.2, -0.15) is 0 Å². The van der Waals surface area contributed by atoms with Crippen molar-refractivity contribution >= 4 is 17.3 Å². The fourth-order valence-electron chi connectivity index (χ4n) is 1.44. The zero-order chi connectivity index (χ0) is 15.5. The van der Waals surface area contributed by atoms with Gasteiger partial charge in [0.15, 0.2) is 5.82 Å². The molecule has 0 saturated heterocycles. The number of anilines is 1. The molecule has 0 atom stereocenters. The third-order valence-electron chi connectivity index (χ3n) is 2.65. The van der Waals surface area contributed by atoms with Gasteiger partial charge in [0.1, 0.15) is 5.56 Å². The Morgan fingerprint density at radius 1 is 1.45 bits per heavy atom. The molecule has 0 unspecified atom stereocenters. The predicted octanol–water partition coefficient (Wildman–Crippen LogP) is 0.587. The van der Waals surface area contributed by atoms with Crippen molar-refractivity contribution in [2.24, 2.45) is 0 Å². The number of aromatic carboxylic acids is 1. The van der Waals surface area contributed by atoms with Crippen LogP contribution in [0.2, 0.25) is 0 Å². The summed E-state index contributed by atoms with van der Waals surface area (Å²) in [5.41, 5.74) is -3.24. The lowest BCUT2D eigenvalue weighted by atomic mass is 10.0. The van der Waals surface area contributed by atoms with Crippen molar-refractivity contribution in [1.82, 2.24) is 0 Å². The van der Waals surface area contributed by atoms with Crippen LogP contribution in [0.4, 0.5) is 15.8 Å². The van der Waals surface area contributed by atoms with E-state index in [1.807, 2.05) is 0 Å². The Labute approximate surface area is 112 Å². The Hall–Kier alpha value is -2.26. The topological polar surface area (TPSA) is 133 Å². The van der Waals surface area contributed by atoms with Crippen LogP contribution in [0.1, 0.15) is 17.3 Å². The van der Waals surface area contributed by atoms with Gasteiger partial charge in [-0.3, -0.25) is 10.1 Å². The average molecular weight is 288 g/mol. The number of aliphatic hydroxyl groups is 2. The molecule has 20 heavy (non-hydrogen) atoms. The normalized spacial score (nSPS) is 11.2. The van der Waals surface area contributed by atoms with Crippen LogP contribution >= 0.6 is 0 Å². The summed E-state index contributed by atoms with van der Waals surface area (Å²) in [5.74, 6) is -2.65. The minimum Gasteiger partial charge on any atom is -0.477 e. The van der Waals surface area contributed by atoms with Gasteiger partial charge in [0.25, 0.3) is 5.69 Å². The van der Waals surface area contributed by atoms with E-state index in [2.05, 4.69) is 5.32 Å². The van der Waals surface area contributed by atoms with Crippen LogP contribution in [-0.4, -0.2) is 45.0 Å². The van der Waals surface area contributed by atoms with E-state index in [0.29, 0.717) is 6.07 Å². The van der Waals surface area contributed by atoms with Gasteiger partial charge in [-0.1, -0.05) is 0 Å². The Balaban J connectivity index is 3.33. The standard InChI is InChI=1S/C11H13FN2O6/c1-11(4-15,5-16)13-8-2-6(10(17)18)9(14(19)20)3-7(8)12/h2-3,13,15-16H,4-5H2,1H3,(H,17,18). The van der Waals surface area contributed by atoms with Gasteiger partial charge in [0.2, 0.25) is 0 Å². The number of nitro benzene ring substituents is 1. The molecule has 1 aromatic rings. The highest BCUT2D eigenvalue weighted by atomic mass is 19.1. The van der Waals surface area contributed by atoms with Crippen LogP contribution in [0.25, 0.3) is 0 Å². The van der Waals surface area contributed by atoms with E-state index in [9.17, 15) is 19.3 Å². The highest BCUT2D eigenvalue weighted by molar-refractivity contribution is 5.93. The molecule has 0 amide bonds. The molecule has 0 aliphatic carbocycles. The molecule has 9 heteroatoms. The van der Waals surface area contributed by atoms with Gasteiger partial charge in [-0.15, -0.1) is 0 Å². The van der Waals surface area contributed by atoms with E-state index in [-0.39, 0.29) is 5.69 Å². The first-order chi connectivity index (χ1) is 9.24. The van der Waals surface area contributed by atoms with E-state index in [0.717, 1.165) is 6.07 Å². The Bertz CT molecular complexity index is 544. The van der Waals surface area contributed by atoms with E-state index in [1.54, 1.807) is 0 Å². The second kappa shape index (κ2) is 5.80. The highest BCUT2D eigenvalue weighted by Crippen LogP contribution is 2.28. The summed E-state index contributed by atoms with van der Waals surface area (Å²) in [6.07, 6.45) is 0. The quantitative estimate of drug-likeness (QED) is 0.444. The first kappa shape index (κ1) is 15.8. The van der Waals surface area contributed by atoms with Crippen molar-refractivity contribution in [2.45, 2.75) is 12.5 Å². The molecule has 0 fully saturated rings. The summed E-state index contributed by atoms with van der Waals surface area (Å²) in [7, 11) is 0. The molecule has 0 bridgehead atoms. The van der Waals surface area contributed by atoms with E-state index >= 15 is 0 Å². The maximum atomic E-state index is 13.7. The van der Waals surface area contributed by atoms with Gasteiger partial charge < -0.3 is 20.6 Å². The minimum atomic E-state index is -1.59. The van der Waals surface area contributed by atoms with Crippen molar-refractivity contribution in [3.8, 4) is 0 Å². The van der Waals surface area contributed by atoms with E-state index in [1.165, 1.54) is 6.92 Å². The monoisotopic (exact) mass is 288 g/mol. The maximum absolute atomic E-state index is 13.7. The number of rotatable bonds is 6. The lowest BCUT2D eigenvalue weighted by Crippen LogP contribution is -2.42. The van der Waals surface area contributed by atoms with Gasteiger partial charge in [0, 0.05) is 0 Å². The summed E-state index contributed by atoms with van der Waals surface area (Å²) in [5, 5.41) is 40.2. The van der Waals surface area contributed by atoms with Crippen molar-refractivity contribution in [3.63, 3.8) is 0 Å². The predicted molar refractivity (Wildman–Crippen MR) is 66.2 cm³/mol. The maximum Gasteiger partial charge on any atom is 0.342 e. The smallest absolute Gasteiger partial charge is 0.342 e. The van der Waals surface area contributed by atoms with Crippen molar-refractivity contribution in [3.05, 3.63) is 33.6 Å². The number of nitro groups is 1. The fraction of sp³-hybridized carbons (Fsp3) is 0.364. The molecule has 1 rings (SSSR count). The zero-order valence-electron chi connectivity index (χ0n) is 10.5. The van der Waals surface area contributed by atoms with Gasteiger partial charge in [-0.25, -0.2) is 9.18 Å². The molecule has 0 radical (unpaired) electrons. The van der Waals surface area contributed by atoms with Crippen molar-refractivity contribution in [2.75, 3.05) is 18.5 Å². The first-order valence-electron chi connectivity index (χ1n) is 5.45. The van der Waals surface area contributed by atoms with Crippen LogP contribution in [-0.2, 0) is 0 Å². The molecule has 0 aromatic heterocycles. The lowest BCUT2D eigenvalue weighted by molar-refractivity contribution is -0.385. The molecule has 110 valence electrons. The molecule has 0 spiro atoms. The van der Waals surface area contributed by atoms with E-state index in [4.69, 9.17) is 15.3 Å². The number of nitrogens with zero attached hydrogens (tertiary/aromatic N) is 1. The van der Waals surface area contributed by atoms with Crippen LogP contribution < -0.4 is 5.32 Å². The minimum absolute atomic E-state index is 0.362. The van der Waals surface area contributed by atoms with Crippen LogP contribution in [0, 0.1) is 15.9 Å². The number of nitrogens with one attached hydrogen (secondary N) is 1. The molecule has 0 heterocycles. The molecule has 4 N–H and O–H groups in total. The number of hydrogen-bond donors (Lipinski definition) is 4. The number of hydrogen-bond acceptors (Lipinski definition) is 6. The van der Waals surface area contributed by atoms with E-state index < -0.39 is 46.7 Å². The first-order valence-corrected chi connectivity index (χ1v) is 5.45. The summed E-state index contributed by atoms with van der Waals surface area (Å²) < 4.78 is 13.7. The summed E-state index contributed by atoms with van der Waals surface area (Å²) in [4.78, 5) is 20.6. The molecular formula is C11H13FN2O6. The second-order valence-corrected chi connectivity index (χ2v) is 4.41. The zero-order valence-corrected chi connectivity index (χ0v) is 10.5. The second-order valence-electron chi connectivity index (χ2n) is 4.41. The Kier molecular flexibility index (Phi) is 4.58. The van der Waals surface area contributed by atoms with Gasteiger partial charge >= 0.3 is 5.97 Å². The summed E-state index contributed by atoms with van der Waals surface area (Å²) in [6, 6.07) is 1.22. The molecule has 8 nitrogen and oxygen atoms in total. The molecule has 0 aliphatic rings. The summed E-state index contributed by atoms with van der Waals surface area (Å²) in [6.45, 7) is 0.263. The molecule has 0 saturated carbocycles. The Morgan fingerprint density at radius 2 is 2.00 bits per heavy atom. The average Bonchev–Trinajstić information content (AvgIpc) is 2.40. The van der Waals surface area contributed by atoms with Crippen LogP contribution in [0.5, 0.6) is 0 Å². The number of carbonyl (C=O) groups is 1. The number of aliphatic hydroxyl groups excluding tert-OH is 2. The third-order valence-corrected chi connectivity index (χ3v) is 2.65. The molecule has 1 aromatic carbocycles. The molecule has 0 aliphatic heterocycles. The van der Waals surface area contributed by atoms with Crippen LogP contribution in [0.15, 0.2) is 12.1 Å². The SMILES string of the molecule is CC(CO)(CO)Nc1cc(C(=O)O)c([N+](=O)[O-])cc1F. The van der Waals surface area contributed by atoms with Crippen LogP contribution in [0.3, 0.4) is 0 Å². The lowest BCUT2D eigenvalue weighted by Gasteiger charge is -2.27. The largest absolute Gasteiger partial charge is 0.477 e. The molecular weight excluding hydrogens is 275 g/mol. The van der Waals surface area contributed by atoms with Gasteiger partial charge in [0.05, 0.1) is 35.4 Å². The number of benzene rings is 1. The highest BCUT2D eigenvalue weighted by Gasteiger charge is 2.27. The fourth-order valence-corrected chi connectivity index (χ4v) is 1.44. The van der Waals surface area contributed by atoms with Crippen molar-refractivity contribution in [1.29, 1.82) is 0 Å². The number of halogens is 1. The van der Waals surface area contributed by atoms with Crippen molar-refractivity contribution < 1.29 is 29.4 Å². The Morgan fingerprint density at radius 3 is 2.40 bits per heavy atom. The number of carboxylic acids is 1. The summed E-state index contributed by atoms with van der Waals surface area (Å²) >= 11 is 0. The number of carboxylic acid groups (broad SMARTS) is 1. The van der Waals surface area contributed by atoms with Gasteiger partial charge in [-0.05, 0) is 13.0 Å². The third kappa shape index (κ3) is 3.19.